The van der Waals surface area contributed by atoms with E-state index in [1.165, 1.54) is 4.90 Å². The molecule has 1 unspecified atom stereocenters. The molecular formula is C12H15N3OS. The van der Waals surface area contributed by atoms with Crippen molar-refractivity contribution in [3.63, 3.8) is 0 Å². The lowest BCUT2D eigenvalue weighted by Gasteiger charge is -2.03. The minimum atomic E-state index is -0.119. The molecule has 0 aliphatic carbocycles. The number of benzene rings is 1. The fourth-order valence-corrected chi connectivity index (χ4v) is 1.84. The van der Waals surface area contributed by atoms with Crippen molar-refractivity contribution in [1.82, 2.24) is 4.98 Å². The number of anilines is 2. The predicted molar refractivity (Wildman–Crippen MR) is 70.6 cm³/mol. The molecule has 0 radical (unpaired) electrons. The van der Waals surface area contributed by atoms with E-state index in [1.54, 1.807) is 18.0 Å². The molecule has 2 rings (SSSR count). The Morgan fingerprint density at radius 1 is 1.47 bits per heavy atom. The molecule has 1 aromatic heterocycles. The summed E-state index contributed by atoms with van der Waals surface area (Å²) < 4.78 is 5.29. The number of nitrogens with one attached hydrogen (secondary N) is 1. The molecule has 3 N–H and O–H groups in total. The van der Waals surface area contributed by atoms with Gasteiger partial charge in [-0.3, -0.25) is 0 Å². The molecule has 0 aliphatic heterocycles. The van der Waals surface area contributed by atoms with E-state index < -0.39 is 0 Å². The second-order valence-corrected chi connectivity index (χ2v) is 4.60. The zero-order valence-electron chi connectivity index (χ0n) is 9.81. The van der Waals surface area contributed by atoms with Crippen molar-refractivity contribution in [2.24, 2.45) is 5.73 Å². The molecule has 1 aromatic carbocycles. The molecule has 1 heterocycles. The van der Waals surface area contributed by atoms with Crippen molar-refractivity contribution in [2.45, 2.75) is 17.9 Å². The highest BCUT2D eigenvalue weighted by molar-refractivity contribution is 7.98. The highest BCUT2D eigenvalue weighted by Crippen LogP contribution is 2.22. The molecule has 0 aliphatic rings. The van der Waals surface area contributed by atoms with Gasteiger partial charge in [0.25, 0.3) is 6.01 Å². The van der Waals surface area contributed by atoms with Crippen LogP contribution in [-0.2, 0) is 0 Å². The van der Waals surface area contributed by atoms with Gasteiger partial charge >= 0.3 is 0 Å². The van der Waals surface area contributed by atoms with Crippen LogP contribution < -0.4 is 11.1 Å². The maximum absolute atomic E-state index is 5.71. The van der Waals surface area contributed by atoms with Crippen LogP contribution in [0.15, 0.2) is 39.8 Å². The van der Waals surface area contributed by atoms with Crippen molar-refractivity contribution in [2.75, 3.05) is 11.6 Å². The molecule has 0 saturated carbocycles. The van der Waals surface area contributed by atoms with Crippen LogP contribution in [0.2, 0.25) is 0 Å². The summed E-state index contributed by atoms with van der Waals surface area (Å²) >= 11 is 1.69. The number of rotatable bonds is 4. The Hall–Kier alpha value is -1.46. The van der Waals surface area contributed by atoms with Crippen LogP contribution in [0.3, 0.4) is 0 Å². The highest BCUT2D eigenvalue weighted by atomic mass is 32.2. The Labute approximate surface area is 105 Å². The van der Waals surface area contributed by atoms with E-state index in [0.717, 1.165) is 11.4 Å². The maximum atomic E-state index is 5.71. The molecule has 2 aromatic rings. The first-order chi connectivity index (χ1) is 8.19. The van der Waals surface area contributed by atoms with E-state index in [9.17, 15) is 0 Å². The summed E-state index contributed by atoms with van der Waals surface area (Å²) in [5, 5.41) is 3.11. The summed E-state index contributed by atoms with van der Waals surface area (Å²) in [6.07, 6.45) is 3.61. The summed E-state index contributed by atoms with van der Waals surface area (Å²) in [6, 6.07) is 8.40. The quantitative estimate of drug-likeness (QED) is 0.815. The molecular weight excluding hydrogens is 234 g/mol. The molecule has 17 heavy (non-hydrogen) atoms. The molecule has 0 spiro atoms. The topological polar surface area (TPSA) is 64.1 Å². The fourth-order valence-electron chi connectivity index (χ4n) is 1.38. The van der Waals surface area contributed by atoms with Crippen molar-refractivity contribution >= 4 is 23.5 Å². The number of nitrogens with two attached hydrogens (primary N) is 1. The van der Waals surface area contributed by atoms with E-state index in [0.29, 0.717) is 6.01 Å². The Kier molecular flexibility index (Phi) is 3.71. The van der Waals surface area contributed by atoms with Crippen molar-refractivity contribution in [3.05, 3.63) is 36.2 Å². The maximum Gasteiger partial charge on any atom is 0.299 e. The smallest absolute Gasteiger partial charge is 0.299 e. The van der Waals surface area contributed by atoms with Gasteiger partial charge in [-0.25, -0.2) is 0 Å². The molecule has 0 bridgehead atoms. The Morgan fingerprint density at radius 2 is 2.29 bits per heavy atom. The van der Waals surface area contributed by atoms with Crippen LogP contribution in [0.25, 0.3) is 0 Å². The van der Waals surface area contributed by atoms with E-state index >= 15 is 0 Å². The van der Waals surface area contributed by atoms with Crippen LogP contribution in [0.4, 0.5) is 11.7 Å². The molecule has 1 atom stereocenters. The number of aromatic nitrogens is 1. The molecule has 90 valence electrons. The minimum Gasteiger partial charge on any atom is -0.432 e. The summed E-state index contributed by atoms with van der Waals surface area (Å²) in [7, 11) is 0. The average molecular weight is 249 g/mol. The predicted octanol–water partition coefficient (Wildman–Crippen LogP) is 3.16. The normalized spacial score (nSPS) is 12.4. The van der Waals surface area contributed by atoms with E-state index in [4.69, 9.17) is 10.2 Å². The van der Waals surface area contributed by atoms with Crippen molar-refractivity contribution in [3.8, 4) is 0 Å². The summed E-state index contributed by atoms with van der Waals surface area (Å²) in [4.78, 5) is 5.44. The van der Waals surface area contributed by atoms with Gasteiger partial charge in [-0.05, 0) is 31.4 Å². The lowest BCUT2D eigenvalue weighted by Crippen LogP contribution is -2.05. The number of hydrogen-bond acceptors (Lipinski definition) is 5. The van der Waals surface area contributed by atoms with Gasteiger partial charge in [-0.15, -0.1) is 11.8 Å². The van der Waals surface area contributed by atoms with Crippen LogP contribution in [0.5, 0.6) is 0 Å². The largest absolute Gasteiger partial charge is 0.432 e. The van der Waals surface area contributed by atoms with E-state index in [2.05, 4.69) is 16.4 Å². The van der Waals surface area contributed by atoms with Gasteiger partial charge < -0.3 is 15.5 Å². The average Bonchev–Trinajstić information content (AvgIpc) is 2.78. The highest BCUT2D eigenvalue weighted by Gasteiger charge is 2.07. The first-order valence-corrected chi connectivity index (χ1v) is 6.53. The standard InChI is InChI=1S/C12H15N3OS/c1-8(13)11-7-16-12(15-11)14-9-4-3-5-10(6-9)17-2/h3-8H,13H2,1-2H3,(H,14,15). The molecule has 0 saturated heterocycles. The number of nitrogens with zero attached hydrogens (tertiary/aromatic N) is 1. The number of oxazole rings is 1. The molecule has 5 heteroatoms. The summed E-state index contributed by atoms with van der Waals surface area (Å²) in [6.45, 7) is 1.87. The van der Waals surface area contributed by atoms with Gasteiger partial charge in [0, 0.05) is 16.6 Å². The first-order valence-electron chi connectivity index (χ1n) is 5.31. The molecule has 0 amide bonds. The third kappa shape index (κ3) is 3.01. The van der Waals surface area contributed by atoms with E-state index in [-0.39, 0.29) is 6.04 Å². The van der Waals surface area contributed by atoms with Crippen LogP contribution in [-0.4, -0.2) is 11.2 Å². The van der Waals surface area contributed by atoms with Gasteiger partial charge in [-0.2, -0.15) is 4.98 Å². The van der Waals surface area contributed by atoms with Crippen molar-refractivity contribution < 1.29 is 4.42 Å². The fraction of sp³-hybridized carbons (Fsp3) is 0.250. The van der Waals surface area contributed by atoms with Gasteiger partial charge in [-0.1, -0.05) is 6.07 Å². The first kappa shape index (κ1) is 12.0. The Morgan fingerprint density at radius 3 is 2.94 bits per heavy atom. The summed E-state index contributed by atoms with van der Waals surface area (Å²) in [5.74, 6) is 0. The number of thioether (sulfide) groups is 1. The minimum absolute atomic E-state index is 0.119. The molecule has 0 fully saturated rings. The third-order valence-corrected chi connectivity index (χ3v) is 3.03. The number of hydrogen-bond donors (Lipinski definition) is 2. The van der Waals surface area contributed by atoms with Gasteiger partial charge in [0.2, 0.25) is 0 Å². The van der Waals surface area contributed by atoms with Crippen LogP contribution in [0, 0.1) is 0 Å². The second kappa shape index (κ2) is 5.25. The van der Waals surface area contributed by atoms with Crippen LogP contribution >= 0.6 is 11.8 Å². The van der Waals surface area contributed by atoms with Gasteiger partial charge in [0.1, 0.15) is 6.26 Å². The lowest BCUT2D eigenvalue weighted by atomic mass is 10.3. The molecule has 4 nitrogen and oxygen atoms in total. The second-order valence-electron chi connectivity index (χ2n) is 3.72. The third-order valence-electron chi connectivity index (χ3n) is 2.31. The summed E-state index contributed by atoms with van der Waals surface area (Å²) in [5.41, 5.74) is 7.41. The zero-order valence-corrected chi connectivity index (χ0v) is 10.6. The lowest BCUT2D eigenvalue weighted by molar-refractivity contribution is 0.573. The Balaban J connectivity index is 2.13. The van der Waals surface area contributed by atoms with Gasteiger partial charge in [0.15, 0.2) is 0 Å². The van der Waals surface area contributed by atoms with Gasteiger partial charge in [0.05, 0.1) is 5.69 Å². The zero-order chi connectivity index (χ0) is 12.3. The van der Waals surface area contributed by atoms with E-state index in [1.807, 2.05) is 31.4 Å². The SMILES string of the molecule is CSc1cccc(Nc2nc(C(C)N)co2)c1. The monoisotopic (exact) mass is 249 g/mol. The Bertz CT molecular complexity index is 496. The van der Waals surface area contributed by atoms with Crippen molar-refractivity contribution in [1.29, 1.82) is 0 Å². The van der Waals surface area contributed by atoms with Crippen LogP contribution in [0.1, 0.15) is 18.7 Å².